The lowest BCUT2D eigenvalue weighted by Crippen LogP contribution is -2.19. The van der Waals surface area contributed by atoms with Gasteiger partial charge in [-0.3, -0.25) is 0 Å². The second kappa shape index (κ2) is 7.31. The van der Waals surface area contributed by atoms with Gasteiger partial charge in [0, 0.05) is 23.6 Å². The van der Waals surface area contributed by atoms with Gasteiger partial charge in [0.2, 0.25) is 5.95 Å². The third-order valence-electron chi connectivity index (χ3n) is 4.30. The molecule has 0 saturated carbocycles. The Morgan fingerprint density at radius 3 is 2.81 bits per heavy atom. The van der Waals surface area contributed by atoms with Crippen LogP contribution in [0.5, 0.6) is 5.75 Å². The minimum absolute atomic E-state index is 0.00118. The topological polar surface area (TPSA) is 72.2 Å². The summed E-state index contributed by atoms with van der Waals surface area (Å²) in [7, 11) is 1.66. The molecule has 0 saturated heterocycles. The van der Waals surface area contributed by atoms with Crippen molar-refractivity contribution >= 4 is 23.0 Å². The minimum atomic E-state index is -0.00118. The number of nitrogens with zero attached hydrogens (tertiary/aromatic N) is 3. The van der Waals surface area contributed by atoms with E-state index in [1.807, 2.05) is 35.0 Å². The fourth-order valence-corrected chi connectivity index (χ4v) is 3.76. The SMILES string of the molecule is COc1ccc(C2=CC(c3cccs3)n3nc(CCCO)nc3N2)cc1. The number of nitrogens with one attached hydrogen (secondary N) is 1. The maximum Gasteiger partial charge on any atom is 0.226 e. The van der Waals surface area contributed by atoms with Crippen LogP contribution in [-0.4, -0.2) is 33.6 Å². The molecule has 1 atom stereocenters. The summed E-state index contributed by atoms with van der Waals surface area (Å²) in [6.45, 7) is 0.140. The van der Waals surface area contributed by atoms with Crippen molar-refractivity contribution in [2.24, 2.45) is 0 Å². The van der Waals surface area contributed by atoms with Crippen LogP contribution < -0.4 is 10.1 Å². The highest BCUT2D eigenvalue weighted by Crippen LogP contribution is 2.34. The van der Waals surface area contributed by atoms with Gasteiger partial charge in [0.05, 0.1) is 7.11 Å². The largest absolute Gasteiger partial charge is 0.497 e. The van der Waals surface area contributed by atoms with Crippen molar-refractivity contribution in [3.63, 3.8) is 0 Å². The number of anilines is 1. The summed E-state index contributed by atoms with van der Waals surface area (Å²) in [5.74, 6) is 2.30. The molecule has 26 heavy (non-hydrogen) atoms. The Morgan fingerprint density at radius 1 is 1.27 bits per heavy atom. The molecular weight excluding hydrogens is 348 g/mol. The van der Waals surface area contributed by atoms with Crippen molar-refractivity contribution in [1.29, 1.82) is 0 Å². The number of rotatable bonds is 6. The standard InChI is InChI=1S/C19H20N4O2S/c1-25-14-8-6-13(7-9-14)15-12-16(17-4-3-11-26-17)23-19(20-15)21-18(22-23)5-2-10-24/h3-4,6-9,11-12,16,24H,2,5,10H2,1H3,(H,20,21,22). The fourth-order valence-electron chi connectivity index (χ4n) is 2.98. The van der Waals surface area contributed by atoms with E-state index in [1.165, 1.54) is 4.88 Å². The summed E-state index contributed by atoms with van der Waals surface area (Å²) >= 11 is 1.70. The highest BCUT2D eigenvalue weighted by Gasteiger charge is 2.25. The van der Waals surface area contributed by atoms with Gasteiger partial charge < -0.3 is 15.2 Å². The van der Waals surface area contributed by atoms with Crippen LogP contribution in [0.15, 0.2) is 47.9 Å². The molecule has 3 heterocycles. The molecule has 1 aliphatic rings. The Balaban J connectivity index is 1.71. The van der Waals surface area contributed by atoms with Crippen LogP contribution >= 0.6 is 11.3 Å². The van der Waals surface area contributed by atoms with Gasteiger partial charge in [-0.05, 0) is 53.8 Å². The molecule has 0 radical (unpaired) electrons. The van der Waals surface area contributed by atoms with E-state index in [2.05, 4.69) is 32.9 Å². The lowest BCUT2D eigenvalue weighted by molar-refractivity contribution is 0.287. The van der Waals surface area contributed by atoms with Crippen LogP contribution in [-0.2, 0) is 6.42 Å². The zero-order chi connectivity index (χ0) is 17.9. The molecule has 0 amide bonds. The second-order valence-corrected chi connectivity index (χ2v) is 7.00. The number of hydrogen-bond donors (Lipinski definition) is 2. The molecule has 2 N–H and O–H groups in total. The Hall–Kier alpha value is -2.64. The number of methoxy groups -OCH3 is 1. The van der Waals surface area contributed by atoms with Crippen molar-refractivity contribution in [1.82, 2.24) is 14.8 Å². The van der Waals surface area contributed by atoms with Crippen LogP contribution in [0.4, 0.5) is 5.95 Å². The highest BCUT2D eigenvalue weighted by atomic mass is 32.1. The lowest BCUT2D eigenvalue weighted by atomic mass is 10.1. The number of benzene rings is 1. The van der Waals surface area contributed by atoms with Crippen molar-refractivity contribution in [2.45, 2.75) is 18.9 Å². The summed E-state index contributed by atoms with van der Waals surface area (Å²) in [4.78, 5) is 5.83. The normalized spacial score (nSPS) is 15.9. The first-order chi connectivity index (χ1) is 12.8. The number of aryl methyl sites for hydroxylation is 1. The molecular formula is C19H20N4O2S. The molecule has 7 heteroatoms. The average Bonchev–Trinajstić information content (AvgIpc) is 3.35. The van der Waals surface area contributed by atoms with Crippen molar-refractivity contribution in [2.75, 3.05) is 19.0 Å². The average molecular weight is 368 g/mol. The van der Waals surface area contributed by atoms with Gasteiger partial charge in [0.15, 0.2) is 5.82 Å². The molecule has 0 spiro atoms. The molecule has 134 valence electrons. The highest BCUT2D eigenvalue weighted by molar-refractivity contribution is 7.10. The third-order valence-corrected chi connectivity index (χ3v) is 5.25. The predicted octanol–water partition coefficient (Wildman–Crippen LogP) is 3.33. The van der Waals surface area contributed by atoms with E-state index in [-0.39, 0.29) is 12.6 Å². The van der Waals surface area contributed by atoms with Crippen LogP contribution in [0, 0.1) is 0 Å². The first-order valence-corrected chi connectivity index (χ1v) is 9.39. The summed E-state index contributed by atoms with van der Waals surface area (Å²) in [6, 6.07) is 12.1. The summed E-state index contributed by atoms with van der Waals surface area (Å²) < 4.78 is 7.17. The lowest BCUT2D eigenvalue weighted by Gasteiger charge is -2.23. The van der Waals surface area contributed by atoms with Crippen LogP contribution in [0.1, 0.15) is 28.7 Å². The number of fused-ring (bicyclic) bond motifs is 1. The molecule has 1 aromatic carbocycles. The molecule has 2 aromatic heterocycles. The maximum absolute atomic E-state index is 9.07. The number of allylic oxidation sites excluding steroid dienone is 1. The van der Waals surface area contributed by atoms with Gasteiger partial charge in [-0.25, -0.2) is 4.68 Å². The molecule has 6 nitrogen and oxygen atoms in total. The van der Waals surface area contributed by atoms with Crippen LogP contribution in [0.25, 0.3) is 5.70 Å². The van der Waals surface area contributed by atoms with Gasteiger partial charge >= 0.3 is 0 Å². The summed E-state index contributed by atoms with van der Waals surface area (Å²) in [6.07, 6.45) is 3.49. The zero-order valence-electron chi connectivity index (χ0n) is 14.4. The van der Waals surface area contributed by atoms with Crippen molar-refractivity contribution < 1.29 is 9.84 Å². The predicted molar refractivity (Wildman–Crippen MR) is 102 cm³/mol. The Kier molecular flexibility index (Phi) is 4.73. The maximum atomic E-state index is 9.07. The first-order valence-electron chi connectivity index (χ1n) is 8.51. The third kappa shape index (κ3) is 3.23. The molecule has 0 fully saturated rings. The fraction of sp³-hybridized carbons (Fsp3) is 0.263. The van der Waals surface area contributed by atoms with Gasteiger partial charge in [0.25, 0.3) is 0 Å². The zero-order valence-corrected chi connectivity index (χ0v) is 15.2. The quantitative estimate of drug-likeness (QED) is 0.698. The van der Waals surface area contributed by atoms with E-state index >= 15 is 0 Å². The Morgan fingerprint density at radius 2 is 2.12 bits per heavy atom. The van der Waals surface area contributed by atoms with Gasteiger partial charge in [-0.15, -0.1) is 11.3 Å². The molecule has 1 aliphatic heterocycles. The van der Waals surface area contributed by atoms with Gasteiger partial charge in [0.1, 0.15) is 11.8 Å². The smallest absolute Gasteiger partial charge is 0.226 e. The number of thiophene rings is 1. The monoisotopic (exact) mass is 368 g/mol. The second-order valence-electron chi connectivity index (χ2n) is 6.02. The number of ether oxygens (including phenoxy) is 1. The van der Waals surface area contributed by atoms with Crippen molar-refractivity contribution in [3.05, 3.63) is 64.1 Å². The number of aliphatic hydroxyl groups excluding tert-OH is 1. The number of aliphatic hydroxyl groups is 1. The van der Waals surface area contributed by atoms with E-state index in [1.54, 1.807) is 18.4 Å². The first kappa shape index (κ1) is 16.8. The molecule has 3 aromatic rings. The van der Waals surface area contributed by atoms with Crippen LogP contribution in [0.2, 0.25) is 0 Å². The molecule has 0 aliphatic carbocycles. The van der Waals surface area contributed by atoms with E-state index in [4.69, 9.17) is 9.84 Å². The van der Waals surface area contributed by atoms with Crippen molar-refractivity contribution in [3.8, 4) is 5.75 Å². The molecule has 4 rings (SSSR count). The van der Waals surface area contributed by atoms with E-state index in [0.29, 0.717) is 12.8 Å². The Labute approximate surface area is 155 Å². The Bertz CT molecular complexity index is 900. The minimum Gasteiger partial charge on any atom is -0.497 e. The van der Waals surface area contributed by atoms with E-state index in [9.17, 15) is 0 Å². The van der Waals surface area contributed by atoms with Crippen LogP contribution in [0.3, 0.4) is 0 Å². The summed E-state index contributed by atoms with van der Waals surface area (Å²) in [5.41, 5.74) is 2.07. The summed E-state index contributed by atoms with van der Waals surface area (Å²) in [5, 5.41) is 19.2. The van der Waals surface area contributed by atoms with Gasteiger partial charge in [-0.1, -0.05) is 6.07 Å². The molecule has 0 bridgehead atoms. The number of aromatic nitrogens is 3. The van der Waals surface area contributed by atoms with Gasteiger partial charge in [-0.2, -0.15) is 10.1 Å². The van der Waals surface area contributed by atoms with E-state index in [0.717, 1.165) is 28.8 Å². The van der Waals surface area contributed by atoms with E-state index < -0.39 is 0 Å². The molecule has 1 unspecified atom stereocenters. The number of hydrogen-bond acceptors (Lipinski definition) is 6.